The Morgan fingerprint density at radius 3 is 2.79 bits per heavy atom. The van der Waals surface area contributed by atoms with Gasteiger partial charge in [0.2, 0.25) is 0 Å². The van der Waals surface area contributed by atoms with Gasteiger partial charge < -0.3 is 5.73 Å². The van der Waals surface area contributed by atoms with Gasteiger partial charge in [0, 0.05) is 21.0 Å². The van der Waals surface area contributed by atoms with Gasteiger partial charge in [-0.05, 0) is 60.9 Å². The van der Waals surface area contributed by atoms with Gasteiger partial charge in [-0.2, -0.15) is 0 Å². The smallest absolute Gasteiger partial charge is 0.0439 e. The van der Waals surface area contributed by atoms with Crippen molar-refractivity contribution in [2.45, 2.75) is 31.7 Å². The molecule has 0 fully saturated rings. The highest BCUT2D eigenvalue weighted by atomic mass is 35.5. The van der Waals surface area contributed by atoms with Crippen LogP contribution in [0, 0.1) is 0 Å². The van der Waals surface area contributed by atoms with Gasteiger partial charge in [-0.15, -0.1) is 11.3 Å². The molecule has 1 nitrogen and oxygen atoms in total. The van der Waals surface area contributed by atoms with E-state index in [9.17, 15) is 0 Å². The van der Waals surface area contributed by atoms with Crippen molar-refractivity contribution in [2.24, 2.45) is 5.73 Å². The van der Waals surface area contributed by atoms with Crippen LogP contribution in [-0.4, -0.2) is 6.04 Å². The van der Waals surface area contributed by atoms with Crippen LogP contribution in [-0.2, 0) is 12.8 Å². The van der Waals surface area contributed by atoms with E-state index >= 15 is 0 Å². The molecule has 0 bridgehead atoms. The van der Waals surface area contributed by atoms with Gasteiger partial charge in [0.15, 0.2) is 0 Å². The summed E-state index contributed by atoms with van der Waals surface area (Å²) < 4.78 is 0. The Balaban J connectivity index is 1.80. The minimum Gasteiger partial charge on any atom is -0.327 e. The predicted octanol–water partition coefficient (Wildman–Crippen LogP) is 4.95. The van der Waals surface area contributed by atoms with E-state index in [1.165, 1.54) is 4.88 Å². The van der Waals surface area contributed by atoms with E-state index in [0.717, 1.165) is 36.3 Å². The highest BCUT2D eigenvalue weighted by molar-refractivity contribution is 7.09. The Bertz CT molecular complexity index is 511. The van der Waals surface area contributed by atoms with Crippen molar-refractivity contribution >= 4 is 34.5 Å². The third-order valence-electron chi connectivity index (χ3n) is 3.07. The van der Waals surface area contributed by atoms with E-state index in [1.54, 1.807) is 17.4 Å². The molecule has 2 N–H and O–H groups in total. The summed E-state index contributed by atoms with van der Waals surface area (Å²) in [6.45, 7) is 0. The summed E-state index contributed by atoms with van der Waals surface area (Å²) in [6.07, 6.45) is 4.00. The fourth-order valence-corrected chi connectivity index (χ4v) is 3.22. The summed E-state index contributed by atoms with van der Waals surface area (Å²) >= 11 is 13.9. The van der Waals surface area contributed by atoms with Gasteiger partial charge in [0.05, 0.1) is 0 Å². The molecule has 1 atom stereocenters. The highest BCUT2D eigenvalue weighted by Gasteiger charge is 2.08. The maximum absolute atomic E-state index is 6.17. The highest BCUT2D eigenvalue weighted by Crippen LogP contribution is 2.22. The first kappa shape index (κ1) is 14.9. The molecule has 0 amide bonds. The molecule has 102 valence electrons. The molecule has 19 heavy (non-hydrogen) atoms. The van der Waals surface area contributed by atoms with Crippen LogP contribution in [0.25, 0.3) is 0 Å². The van der Waals surface area contributed by atoms with Crippen molar-refractivity contribution in [3.05, 3.63) is 56.2 Å². The van der Waals surface area contributed by atoms with E-state index < -0.39 is 0 Å². The molecule has 1 heterocycles. The van der Waals surface area contributed by atoms with Crippen LogP contribution >= 0.6 is 34.5 Å². The van der Waals surface area contributed by atoms with E-state index in [-0.39, 0.29) is 6.04 Å². The number of thiophene rings is 1. The van der Waals surface area contributed by atoms with Crippen LogP contribution in [0.1, 0.15) is 23.3 Å². The first-order chi connectivity index (χ1) is 9.15. The molecular weight excluding hydrogens is 297 g/mol. The second-order valence-electron chi connectivity index (χ2n) is 4.67. The van der Waals surface area contributed by atoms with E-state index in [2.05, 4.69) is 17.5 Å². The van der Waals surface area contributed by atoms with Crippen molar-refractivity contribution < 1.29 is 0 Å². The molecule has 2 aromatic rings. The number of nitrogens with two attached hydrogens (primary N) is 1. The lowest BCUT2D eigenvalue weighted by Gasteiger charge is -2.12. The van der Waals surface area contributed by atoms with Crippen molar-refractivity contribution in [1.29, 1.82) is 0 Å². The minimum absolute atomic E-state index is 0.135. The first-order valence-electron chi connectivity index (χ1n) is 6.37. The van der Waals surface area contributed by atoms with Gasteiger partial charge >= 0.3 is 0 Å². The molecule has 1 aromatic carbocycles. The number of hydrogen-bond donors (Lipinski definition) is 1. The lowest BCUT2D eigenvalue weighted by Crippen LogP contribution is -2.23. The quantitative estimate of drug-likeness (QED) is 0.802. The maximum Gasteiger partial charge on any atom is 0.0439 e. The average molecular weight is 314 g/mol. The Labute approximate surface area is 128 Å². The zero-order chi connectivity index (χ0) is 13.7. The topological polar surface area (TPSA) is 26.0 Å². The maximum atomic E-state index is 6.17. The number of benzene rings is 1. The second kappa shape index (κ2) is 7.30. The van der Waals surface area contributed by atoms with Crippen molar-refractivity contribution in [2.75, 3.05) is 0 Å². The van der Waals surface area contributed by atoms with Gasteiger partial charge in [-0.25, -0.2) is 0 Å². The molecule has 0 spiro atoms. The van der Waals surface area contributed by atoms with Crippen molar-refractivity contribution in [3.8, 4) is 0 Å². The number of aryl methyl sites for hydroxylation is 1. The predicted molar refractivity (Wildman–Crippen MR) is 85.4 cm³/mol. The molecular formula is C15H17Cl2NS. The van der Waals surface area contributed by atoms with Crippen LogP contribution in [0.3, 0.4) is 0 Å². The molecule has 0 aliphatic carbocycles. The summed E-state index contributed by atoms with van der Waals surface area (Å²) in [5, 5.41) is 3.57. The normalized spacial score (nSPS) is 12.6. The summed E-state index contributed by atoms with van der Waals surface area (Å²) in [4.78, 5) is 1.42. The summed E-state index contributed by atoms with van der Waals surface area (Å²) in [7, 11) is 0. The molecule has 0 saturated carbocycles. The van der Waals surface area contributed by atoms with Gasteiger partial charge in [0.25, 0.3) is 0 Å². The van der Waals surface area contributed by atoms with Crippen LogP contribution in [0.15, 0.2) is 35.7 Å². The largest absolute Gasteiger partial charge is 0.327 e. The molecule has 0 radical (unpaired) electrons. The fourth-order valence-electron chi connectivity index (χ4n) is 2.08. The van der Waals surface area contributed by atoms with Gasteiger partial charge in [0.1, 0.15) is 0 Å². The second-order valence-corrected chi connectivity index (χ2v) is 6.55. The monoisotopic (exact) mass is 313 g/mol. The van der Waals surface area contributed by atoms with Gasteiger partial charge in [-0.1, -0.05) is 29.3 Å². The van der Waals surface area contributed by atoms with Crippen LogP contribution in [0.2, 0.25) is 10.0 Å². The summed E-state index contributed by atoms with van der Waals surface area (Å²) in [5.74, 6) is 0. The zero-order valence-electron chi connectivity index (χ0n) is 10.6. The fraction of sp³-hybridized carbons (Fsp3) is 0.333. The third kappa shape index (κ3) is 4.81. The molecule has 1 unspecified atom stereocenters. The SMILES string of the molecule is NC(CCCc1cccs1)Cc1cc(Cl)ccc1Cl. The molecule has 1 aromatic heterocycles. The minimum atomic E-state index is 0.135. The van der Waals surface area contributed by atoms with Crippen LogP contribution in [0.5, 0.6) is 0 Å². The Morgan fingerprint density at radius 2 is 2.05 bits per heavy atom. The average Bonchev–Trinajstić information content (AvgIpc) is 2.87. The number of rotatable bonds is 6. The van der Waals surface area contributed by atoms with Gasteiger partial charge in [-0.3, -0.25) is 0 Å². The molecule has 0 saturated heterocycles. The van der Waals surface area contributed by atoms with Crippen molar-refractivity contribution in [3.63, 3.8) is 0 Å². The van der Waals surface area contributed by atoms with Crippen LogP contribution in [0.4, 0.5) is 0 Å². The van der Waals surface area contributed by atoms with E-state index in [0.29, 0.717) is 5.02 Å². The van der Waals surface area contributed by atoms with E-state index in [1.807, 2.05) is 12.1 Å². The van der Waals surface area contributed by atoms with Crippen LogP contribution < -0.4 is 5.73 Å². The molecule has 0 aliphatic heterocycles. The van der Waals surface area contributed by atoms with E-state index in [4.69, 9.17) is 28.9 Å². The Kier molecular flexibility index (Phi) is 5.71. The zero-order valence-corrected chi connectivity index (χ0v) is 12.9. The Hall–Kier alpha value is -0.540. The third-order valence-corrected chi connectivity index (χ3v) is 4.61. The lowest BCUT2D eigenvalue weighted by atomic mass is 10.0. The van der Waals surface area contributed by atoms with Crippen molar-refractivity contribution in [1.82, 2.24) is 0 Å². The molecule has 2 rings (SSSR count). The summed E-state index contributed by atoms with van der Waals surface area (Å²) in [6, 6.07) is 9.93. The summed E-state index contributed by atoms with van der Waals surface area (Å²) in [5.41, 5.74) is 7.21. The molecule has 4 heteroatoms. The Morgan fingerprint density at radius 1 is 1.21 bits per heavy atom. The molecule has 0 aliphatic rings. The number of hydrogen-bond acceptors (Lipinski definition) is 2. The standard InChI is InChI=1S/C15H17Cl2NS/c16-12-6-7-15(17)11(9-12)10-13(18)3-1-4-14-5-2-8-19-14/h2,5-9,13H,1,3-4,10,18H2. The first-order valence-corrected chi connectivity index (χ1v) is 8.00. The number of halogens is 2. The lowest BCUT2D eigenvalue weighted by molar-refractivity contribution is 0.582.